The molecule has 1 heterocycles. The zero-order valence-corrected chi connectivity index (χ0v) is 13.0. The third-order valence-corrected chi connectivity index (χ3v) is 3.54. The summed E-state index contributed by atoms with van der Waals surface area (Å²) in [5, 5.41) is 0. The molecule has 2 rings (SSSR count). The lowest BCUT2D eigenvalue weighted by Crippen LogP contribution is -2.29. The molecule has 0 saturated carbocycles. The number of nitrogens with zero attached hydrogens (tertiary/aromatic N) is 1. The number of hydrogen-bond acceptors (Lipinski definition) is 3. The minimum Gasteiger partial charge on any atom is -0.496 e. The molecule has 2 aromatic rings. The number of methoxy groups -OCH3 is 1. The number of aromatic nitrogens is 1. The van der Waals surface area contributed by atoms with Crippen molar-refractivity contribution in [2.45, 2.75) is 32.9 Å². The maximum atomic E-state index is 12.7. The summed E-state index contributed by atoms with van der Waals surface area (Å²) in [7, 11) is 1.63. The first-order chi connectivity index (χ1) is 9.97. The lowest BCUT2D eigenvalue weighted by Gasteiger charge is -2.20. The standard InChI is InChI=1S/C17H22N2O2/c1-11(2)19-15(10-9-13(12(3)18)17(19)20)14-7-5-6-8-16(14)21-4/h5-12H,18H2,1-4H3. The fourth-order valence-electron chi connectivity index (χ4n) is 2.50. The Morgan fingerprint density at radius 2 is 1.76 bits per heavy atom. The molecule has 0 saturated heterocycles. The van der Waals surface area contributed by atoms with Crippen molar-refractivity contribution in [1.29, 1.82) is 0 Å². The first kappa shape index (κ1) is 15.3. The Kier molecular flexibility index (Phi) is 4.48. The number of nitrogens with two attached hydrogens (primary N) is 1. The van der Waals surface area contributed by atoms with Gasteiger partial charge in [-0.25, -0.2) is 0 Å². The van der Waals surface area contributed by atoms with E-state index in [0.29, 0.717) is 5.56 Å². The molecule has 1 atom stereocenters. The molecular formula is C17H22N2O2. The summed E-state index contributed by atoms with van der Waals surface area (Å²) in [6.45, 7) is 5.81. The van der Waals surface area contributed by atoms with E-state index in [9.17, 15) is 4.79 Å². The molecule has 21 heavy (non-hydrogen) atoms. The molecular weight excluding hydrogens is 264 g/mol. The molecule has 0 fully saturated rings. The third-order valence-electron chi connectivity index (χ3n) is 3.54. The van der Waals surface area contributed by atoms with E-state index >= 15 is 0 Å². The maximum Gasteiger partial charge on any atom is 0.256 e. The molecule has 0 aliphatic heterocycles. The molecule has 0 radical (unpaired) electrons. The summed E-state index contributed by atoms with van der Waals surface area (Å²) in [5.41, 5.74) is 8.23. The van der Waals surface area contributed by atoms with Crippen LogP contribution in [0.15, 0.2) is 41.2 Å². The van der Waals surface area contributed by atoms with Crippen LogP contribution in [0.2, 0.25) is 0 Å². The highest BCUT2D eigenvalue weighted by molar-refractivity contribution is 5.67. The Morgan fingerprint density at radius 1 is 1.10 bits per heavy atom. The lowest BCUT2D eigenvalue weighted by atomic mass is 10.1. The van der Waals surface area contributed by atoms with Crippen LogP contribution in [0.1, 0.15) is 38.4 Å². The Morgan fingerprint density at radius 3 is 2.33 bits per heavy atom. The number of para-hydroxylation sites is 1. The van der Waals surface area contributed by atoms with E-state index in [2.05, 4.69) is 0 Å². The van der Waals surface area contributed by atoms with Crippen molar-refractivity contribution in [3.8, 4) is 17.0 Å². The number of pyridine rings is 1. The molecule has 0 aliphatic carbocycles. The van der Waals surface area contributed by atoms with Gasteiger partial charge in [0.2, 0.25) is 0 Å². The van der Waals surface area contributed by atoms with Gasteiger partial charge in [-0.05, 0) is 45.0 Å². The second-order valence-corrected chi connectivity index (χ2v) is 5.43. The van der Waals surface area contributed by atoms with E-state index in [-0.39, 0.29) is 17.6 Å². The van der Waals surface area contributed by atoms with Crippen LogP contribution in [0.3, 0.4) is 0 Å². The van der Waals surface area contributed by atoms with E-state index in [1.807, 2.05) is 57.2 Å². The number of ether oxygens (including phenoxy) is 1. The Labute approximate surface area is 125 Å². The van der Waals surface area contributed by atoms with Gasteiger partial charge in [-0.3, -0.25) is 4.79 Å². The second kappa shape index (κ2) is 6.14. The van der Waals surface area contributed by atoms with Crippen molar-refractivity contribution in [1.82, 2.24) is 4.57 Å². The summed E-state index contributed by atoms with van der Waals surface area (Å²) in [6, 6.07) is 11.2. The lowest BCUT2D eigenvalue weighted by molar-refractivity contribution is 0.415. The predicted molar refractivity (Wildman–Crippen MR) is 85.7 cm³/mol. The van der Waals surface area contributed by atoms with Crippen LogP contribution < -0.4 is 16.0 Å². The van der Waals surface area contributed by atoms with Crippen molar-refractivity contribution in [2.75, 3.05) is 7.11 Å². The predicted octanol–water partition coefficient (Wildman–Crippen LogP) is 3.12. The maximum absolute atomic E-state index is 12.7. The van der Waals surface area contributed by atoms with Crippen molar-refractivity contribution in [3.63, 3.8) is 0 Å². The SMILES string of the molecule is COc1ccccc1-c1ccc(C(C)N)c(=O)n1C(C)C. The average Bonchev–Trinajstić information content (AvgIpc) is 2.45. The average molecular weight is 286 g/mol. The van der Waals surface area contributed by atoms with Gasteiger partial charge in [-0.2, -0.15) is 0 Å². The van der Waals surface area contributed by atoms with Crippen LogP contribution >= 0.6 is 0 Å². The summed E-state index contributed by atoms with van der Waals surface area (Å²) >= 11 is 0. The first-order valence-corrected chi connectivity index (χ1v) is 7.11. The molecule has 112 valence electrons. The Balaban J connectivity index is 2.75. The molecule has 1 aromatic carbocycles. The van der Waals surface area contributed by atoms with E-state index in [1.165, 1.54) is 0 Å². The summed E-state index contributed by atoms with van der Waals surface area (Å²) in [4.78, 5) is 12.7. The Bertz CT molecular complexity index is 687. The molecule has 0 spiro atoms. The van der Waals surface area contributed by atoms with Gasteiger partial charge >= 0.3 is 0 Å². The van der Waals surface area contributed by atoms with Crippen LogP contribution in [0.5, 0.6) is 5.75 Å². The zero-order valence-electron chi connectivity index (χ0n) is 13.0. The van der Waals surface area contributed by atoms with Gasteiger partial charge < -0.3 is 15.0 Å². The van der Waals surface area contributed by atoms with Gasteiger partial charge in [0.15, 0.2) is 0 Å². The summed E-state index contributed by atoms with van der Waals surface area (Å²) in [5.74, 6) is 0.750. The minimum absolute atomic E-state index is 0.0381. The van der Waals surface area contributed by atoms with E-state index < -0.39 is 0 Å². The van der Waals surface area contributed by atoms with Crippen molar-refractivity contribution in [2.24, 2.45) is 5.73 Å². The van der Waals surface area contributed by atoms with Crippen molar-refractivity contribution in [3.05, 3.63) is 52.3 Å². The normalized spacial score (nSPS) is 12.5. The van der Waals surface area contributed by atoms with Gasteiger partial charge in [0, 0.05) is 23.2 Å². The smallest absolute Gasteiger partial charge is 0.256 e. The Hall–Kier alpha value is -2.07. The van der Waals surface area contributed by atoms with Crippen LogP contribution in [0, 0.1) is 0 Å². The van der Waals surface area contributed by atoms with E-state index in [1.54, 1.807) is 11.7 Å². The second-order valence-electron chi connectivity index (χ2n) is 5.43. The van der Waals surface area contributed by atoms with Crippen molar-refractivity contribution >= 4 is 0 Å². The molecule has 0 amide bonds. The molecule has 4 heteroatoms. The van der Waals surface area contributed by atoms with E-state index in [4.69, 9.17) is 10.5 Å². The third kappa shape index (κ3) is 2.85. The number of hydrogen-bond donors (Lipinski definition) is 1. The van der Waals surface area contributed by atoms with Crippen LogP contribution in [0.4, 0.5) is 0 Å². The number of rotatable bonds is 4. The van der Waals surface area contributed by atoms with Gasteiger partial charge in [0.05, 0.1) is 12.8 Å². The molecule has 4 nitrogen and oxygen atoms in total. The minimum atomic E-state index is -0.283. The number of benzene rings is 1. The summed E-state index contributed by atoms with van der Waals surface area (Å²) < 4.78 is 7.19. The van der Waals surface area contributed by atoms with E-state index in [0.717, 1.165) is 17.0 Å². The zero-order chi connectivity index (χ0) is 15.6. The van der Waals surface area contributed by atoms with Gasteiger partial charge in [-0.15, -0.1) is 0 Å². The molecule has 2 N–H and O–H groups in total. The molecule has 0 bridgehead atoms. The highest BCUT2D eigenvalue weighted by atomic mass is 16.5. The first-order valence-electron chi connectivity index (χ1n) is 7.11. The topological polar surface area (TPSA) is 57.2 Å². The fourth-order valence-corrected chi connectivity index (χ4v) is 2.50. The monoisotopic (exact) mass is 286 g/mol. The highest BCUT2D eigenvalue weighted by Gasteiger charge is 2.16. The van der Waals surface area contributed by atoms with Crippen molar-refractivity contribution < 1.29 is 4.74 Å². The van der Waals surface area contributed by atoms with Crippen LogP contribution in [-0.2, 0) is 0 Å². The highest BCUT2D eigenvalue weighted by Crippen LogP contribution is 2.30. The largest absolute Gasteiger partial charge is 0.496 e. The summed E-state index contributed by atoms with van der Waals surface area (Å²) in [6.07, 6.45) is 0. The van der Waals surface area contributed by atoms with Crippen LogP contribution in [0.25, 0.3) is 11.3 Å². The molecule has 1 unspecified atom stereocenters. The molecule has 0 aliphatic rings. The quantitative estimate of drug-likeness (QED) is 0.939. The molecule has 1 aromatic heterocycles. The van der Waals surface area contributed by atoms with Gasteiger partial charge in [0.1, 0.15) is 5.75 Å². The van der Waals surface area contributed by atoms with Crippen LogP contribution in [-0.4, -0.2) is 11.7 Å². The van der Waals surface area contributed by atoms with Gasteiger partial charge in [-0.1, -0.05) is 12.1 Å². The fraction of sp³-hybridized carbons (Fsp3) is 0.353. The van der Waals surface area contributed by atoms with Gasteiger partial charge in [0.25, 0.3) is 5.56 Å².